The van der Waals surface area contributed by atoms with Gasteiger partial charge in [0.05, 0.1) is 14.2 Å². The van der Waals surface area contributed by atoms with Gasteiger partial charge < -0.3 is 18.9 Å². The highest BCUT2D eigenvalue weighted by Crippen LogP contribution is 2.29. The molecule has 17 heavy (non-hydrogen) atoms. The summed E-state index contributed by atoms with van der Waals surface area (Å²) in [4.78, 5) is 0. The lowest BCUT2D eigenvalue weighted by Crippen LogP contribution is -2.32. The molecule has 0 bridgehead atoms. The van der Waals surface area contributed by atoms with Crippen LogP contribution in [-0.4, -0.2) is 34.2 Å². The van der Waals surface area contributed by atoms with Crippen LogP contribution < -0.4 is 9.47 Å². The van der Waals surface area contributed by atoms with Gasteiger partial charge in [-0.2, -0.15) is 0 Å². The van der Waals surface area contributed by atoms with Crippen molar-refractivity contribution < 1.29 is 18.9 Å². The largest absolute Gasteiger partial charge is 0.493 e. The summed E-state index contributed by atoms with van der Waals surface area (Å²) in [6.07, 6.45) is 0.639. The van der Waals surface area contributed by atoms with Crippen LogP contribution in [0.2, 0.25) is 0 Å². The van der Waals surface area contributed by atoms with Crippen LogP contribution in [0.25, 0.3) is 0 Å². The van der Waals surface area contributed by atoms with Gasteiger partial charge in [0.25, 0.3) is 0 Å². The third-order valence-corrected chi connectivity index (χ3v) is 2.84. The summed E-state index contributed by atoms with van der Waals surface area (Å²) in [5, 5.41) is 0. The second-order valence-corrected chi connectivity index (χ2v) is 3.91. The number of benzene rings is 1. The minimum absolute atomic E-state index is 0.625. The maximum absolute atomic E-state index is 5.33. The summed E-state index contributed by atoms with van der Waals surface area (Å²) in [5.74, 6) is 0.798. The fourth-order valence-electron chi connectivity index (χ4n) is 1.59. The van der Waals surface area contributed by atoms with Gasteiger partial charge in [0.2, 0.25) is 0 Å². The van der Waals surface area contributed by atoms with Crippen molar-refractivity contribution in [3.8, 4) is 11.5 Å². The van der Waals surface area contributed by atoms with E-state index in [4.69, 9.17) is 18.9 Å². The molecule has 0 aromatic heterocycles. The quantitative estimate of drug-likeness (QED) is 0.715. The van der Waals surface area contributed by atoms with Gasteiger partial charge in [0, 0.05) is 20.6 Å². The van der Waals surface area contributed by atoms with Gasteiger partial charge in [-0.25, -0.2) is 0 Å². The van der Waals surface area contributed by atoms with Crippen molar-refractivity contribution in [3.63, 3.8) is 0 Å². The Morgan fingerprint density at radius 3 is 2.00 bits per heavy atom. The van der Waals surface area contributed by atoms with E-state index in [2.05, 4.69) is 0 Å². The molecular formula is C13H20O4. The molecule has 0 unspecified atom stereocenters. The van der Waals surface area contributed by atoms with Gasteiger partial charge in [0.1, 0.15) is 0 Å². The Morgan fingerprint density at radius 2 is 1.53 bits per heavy atom. The summed E-state index contributed by atoms with van der Waals surface area (Å²) in [7, 11) is 6.49. The van der Waals surface area contributed by atoms with Gasteiger partial charge in [-0.05, 0) is 24.6 Å². The summed E-state index contributed by atoms with van der Waals surface area (Å²) in [6.45, 7) is 1.89. The second-order valence-electron chi connectivity index (χ2n) is 3.91. The van der Waals surface area contributed by atoms with Crippen LogP contribution in [0.3, 0.4) is 0 Å². The monoisotopic (exact) mass is 240 g/mol. The van der Waals surface area contributed by atoms with Crippen LogP contribution in [-0.2, 0) is 15.9 Å². The third-order valence-electron chi connectivity index (χ3n) is 2.84. The van der Waals surface area contributed by atoms with E-state index in [1.165, 1.54) is 0 Å². The molecule has 96 valence electrons. The van der Waals surface area contributed by atoms with E-state index in [9.17, 15) is 0 Å². The molecule has 0 N–H and O–H groups in total. The fraction of sp³-hybridized carbons (Fsp3) is 0.538. The van der Waals surface area contributed by atoms with Gasteiger partial charge in [-0.15, -0.1) is 0 Å². The highest BCUT2D eigenvalue weighted by molar-refractivity contribution is 5.43. The predicted octanol–water partition coefficient (Wildman–Crippen LogP) is 2.26. The lowest BCUT2D eigenvalue weighted by Gasteiger charge is -2.26. The van der Waals surface area contributed by atoms with Crippen molar-refractivity contribution in [1.82, 2.24) is 0 Å². The number of hydrogen-bond donors (Lipinski definition) is 0. The first kappa shape index (κ1) is 13.8. The standard InChI is InChI=1S/C13H20O4/c1-13(16-4,17-5)9-10-6-7-11(14-2)12(8-10)15-3/h6-8H,9H2,1-5H3. The normalized spacial score (nSPS) is 11.4. The summed E-state index contributed by atoms with van der Waals surface area (Å²) in [6, 6.07) is 5.77. The molecule has 1 aromatic carbocycles. The fourth-order valence-corrected chi connectivity index (χ4v) is 1.59. The van der Waals surface area contributed by atoms with E-state index in [0.29, 0.717) is 17.9 Å². The van der Waals surface area contributed by atoms with Crippen molar-refractivity contribution >= 4 is 0 Å². The van der Waals surface area contributed by atoms with Crippen molar-refractivity contribution in [2.45, 2.75) is 19.1 Å². The van der Waals surface area contributed by atoms with Crippen molar-refractivity contribution in [2.24, 2.45) is 0 Å². The number of ether oxygens (including phenoxy) is 4. The Kier molecular flexibility index (Phi) is 4.78. The molecule has 0 aliphatic heterocycles. The Balaban J connectivity index is 2.93. The summed E-state index contributed by atoms with van der Waals surface area (Å²) >= 11 is 0. The molecule has 0 aliphatic rings. The Morgan fingerprint density at radius 1 is 0.941 bits per heavy atom. The molecule has 0 radical (unpaired) electrons. The molecule has 0 amide bonds. The zero-order valence-electron chi connectivity index (χ0n) is 11.1. The van der Waals surface area contributed by atoms with Crippen LogP contribution >= 0.6 is 0 Å². The van der Waals surface area contributed by atoms with Gasteiger partial charge in [-0.1, -0.05) is 6.07 Å². The zero-order valence-corrected chi connectivity index (χ0v) is 11.1. The number of hydrogen-bond acceptors (Lipinski definition) is 4. The van der Waals surface area contributed by atoms with Gasteiger partial charge >= 0.3 is 0 Å². The highest BCUT2D eigenvalue weighted by atomic mass is 16.7. The molecule has 0 heterocycles. The Hall–Kier alpha value is -1.26. The summed E-state index contributed by atoms with van der Waals surface area (Å²) in [5.41, 5.74) is 1.06. The van der Waals surface area contributed by atoms with Gasteiger partial charge in [-0.3, -0.25) is 0 Å². The molecule has 4 nitrogen and oxygen atoms in total. The molecule has 0 fully saturated rings. The van der Waals surface area contributed by atoms with E-state index >= 15 is 0 Å². The first-order valence-electron chi connectivity index (χ1n) is 5.39. The minimum Gasteiger partial charge on any atom is -0.493 e. The van der Waals surface area contributed by atoms with Crippen LogP contribution in [0.5, 0.6) is 11.5 Å². The molecule has 0 saturated heterocycles. The maximum atomic E-state index is 5.33. The molecule has 4 heteroatoms. The van der Waals surface area contributed by atoms with E-state index in [1.807, 2.05) is 25.1 Å². The molecule has 0 aliphatic carbocycles. The molecule has 0 spiro atoms. The molecule has 1 aromatic rings. The van der Waals surface area contributed by atoms with Crippen molar-refractivity contribution in [3.05, 3.63) is 23.8 Å². The van der Waals surface area contributed by atoms with Crippen molar-refractivity contribution in [1.29, 1.82) is 0 Å². The molecule has 0 saturated carbocycles. The predicted molar refractivity (Wildman–Crippen MR) is 65.7 cm³/mol. The average molecular weight is 240 g/mol. The lowest BCUT2D eigenvalue weighted by molar-refractivity contribution is -0.191. The SMILES string of the molecule is COc1ccc(CC(C)(OC)OC)cc1OC. The topological polar surface area (TPSA) is 36.9 Å². The molecule has 1 rings (SSSR count). The maximum Gasteiger partial charge on any atom is 0.168 e. The summed E-state index contributed by atoms with van der Waals surface area (Å²) < 4.78 is 21.1. The average Bonchev–Trinajstić information content (AvgIpc) is 2.38. The van der Waals surface area contributed by atoms with Crippen molar-refractivity contribution in [2.75, 3.05) is 28.4 Å². The lowest BCUT2D eigenvalue weighted by atomic mass is 10.1. The number of rotatable bonds is 6. The molecular weight excluding hydrogens is 220 g/mol. The van der Waals surface area contributed by atoms with E-state index < -0.39 is 5.79 Å². The van der Waals surface area contributed by atoms with E-state index in [1.54, 1.807) is 28.4 Å². The molecule has 0 atom stereocenters. The van der Waals surface area contributed by atoms with Crippen LogP contribution in [0.15, 0.2) is 18.2 Å². The van der Waals surface area contributed by atoms with Crippen LogP contribution in [0.4, 0.5) is 0 Å². The third kappa shape index (κ3) is 3.35. The first-order chi connectivity index (χ1) is 8.08. The first-order valence-corrected chi connectivity index (χ1v) is 5.39. The smallest absolute Gasteiger partial charge is 0.168 e. The van der Waals surface area contributed by atoms with Crippen LogP contribution in [0.1, 0.15) is 12.5 Å². The second kappa shape index (κ2) is 5.89. The Bertz CT molecular complexity index is 358. The minimum atomic E-state index is -0.625. The van der Waals surface area contributed by atoms with Crippen LogP contribution in [0, 0.1) is 0 Å². The van der Waals surface area contributed by atoms with E-state index in [-0.39, 0.29) is 0 Å². The number of methoxy groups -OCH3 is 4. The Labute approximate surface area is 102 Å². The van der Waals surface area contributed by atoms with E-state index in [0.717, 1.165) is 5.56 Å². The zero-order chi connectivity index (χ0) is 12.9. The van der Waals surface area contributed by atoms with Gasteiger partial charge in [0.15, 0.2) is 17.3 Å². The highest BCUT2D eigenvalue weighted by Gasteiger charge is 2.23.